The number of hydrogen-bond acceptors (Lipinski definition) is 3. The van der Waals surface area contributed by atoms with Crippen LogP contribution in [0, 0.1) is 0 Å². The van der Waals surface area contributed by atoms with E-state index in [1.807, 2.05) is 0 Å². The van der Waals surface area contributed by atoms with Crippen LogP contribution >= 0.6 is 11.3 Å². The lowest BCUT2D eigenvalue weighted by Crippen LogP contribution is -2.38. The second kappa shape index (κ2) is 6.59. The van der Waals surface area contributed by atoms with E-state index in [-0.39, 0.29) is 0 Å². The normalized spacial score (nSPS) is 24.8. The molecule has 2 heterocycles. The monoisotopic (exact) mass is 292 g/mol. The standard InChI is InChI=1S/C17H28N2S/c1-3-19-10-6-8-15(19)12-18-13(2)17-11-14-7-4-5-9-16(14)20-17/h11,13,15,18H,3-10,12H2,1-2H3. The van der Waals surface area contributed by atoms with E-state index < -0.39 is 0 Å². The third kappa shape index (κ3) is 3.10. The lowest BCUT2D eigenvalue weighted by molar-refractivity contribution is 0.255. The first-order valence-electron chi connectivity index (χ1n) is 8.37. The fourth-order valence-electron chi connectivity index (χ4n) is 3.68. The van der Waals surface area contributed by atoms with Crippen LogP contribution in [0.15, 0.2) is 6.07 Å². The van der Waals surface area contributed by atoms with Crippen molar-refractivity contribution in [3.8, 4) is 0 Å². The number of rotatable bonds is 5. The van der Waals surface area contributed by atoms with E-state index in [1.165, 1.54) is 51.6 Å². The topological polar surface area (TPSA) is 15.3 Å². The van der Waals surface area contributed by atoms with Crippen LogP contribution in [-0.4, -0.2) is 30.6 Å². The van der Waals surface area contributed by atoms with Crippen molar-refractivity contribution in [3.05, 3.63) is 21.4 Å². The Morgan fingerprint density at radius 2 is 2.20 bits per heavy atom. The average Bonchev–Trinajstić information content (AvgIpc) is 3.10. The number of aryl methyl sites for hydroxylation is 2. The first-order chi connectivity index (χ1) is 9.78. The van der Waals surface area contributed by atoms with Gasteiger partial charge in [0.15, 0.2) is 0 Å². The number of nitrogens with one attached hydrogen (secondary N) is 1. The summed E-state index contributed by atoms with van der Waals surface area (Å²) in [7, 11) is 0. The quantitative estimate of drug-likeness (QED) is 0.889. The summed E-state index contributed by atoms with van der Waals surface area (Å²) in [4.78, 5) is 5.84. The van der Waals surface area contributed by atoms with Crippen molar-refractivity contribution in [2.24, 2.45) is 0 Å². The summed E-state index contributed by atoms with van der Waals surface area (Å²) in [6, 6.07) is 3.75. The molecule has 1 aromatic rings. The second-order valence-corrected chi connectivity index (χ2v) is 7.53. The molecule has 3 heteroatoms. The number of likely N-dealkylation sites (tertiary alicyclic amines) is 1. The van der Waals surface area contributed by atoms with Gasteiger partial charge in [-0.1, -0.05) is 6.92 Å². The van der Waals surface area contributed by atoms with Crippen LogP contribution < -0.4 is 5.32 Å². The lowest BCUT2D eigenvalue weighted by atomic mass is 9.99. The predicted molar refractivity (Wildman–Crippen MR) is 87.6 cm³/mol. The molecule has 20 heavy (non-hydrogen) atoms. The Balaban J connectivity index is 1.56. The highest BCUT2D eigenvalue weighted by molar-refractivity contribution is 7.12. The molecule has 2 atom stereocenters. The Kier molecular flexibility index (Phi) is 4.79. The van der Waals surface area contributed by atoms with Gasteiger partial charge in [-0.15, -0.1) is 11.3 Å². The van der Waals surface area contributed by atoms with Crippen LogP contribution in [0.4, 0.5) is 0 Å². The number of likely N-dealkylation sites (N-methyl/N-ethyl adjacent to an activating group) is 1. The summed E-state index contributed by atoms with van der Waals surface area (Å²) < 4.78 is 0. The van der Waals surface area contributed by atoms with E-state index in [4.69, 9.17) is 0 Å². The van der Waals surface area contributed by atoms with Gasteiger partial charge < -0.3 is 5.32 Å². The van der Waals surface area contributed by atoms with Gasteiger partial charge >= 0.3 is 0 Å². The number of fused-ring (bicyclic) bond motifs is 1. The Morgan fingerprint density at radius 3 is 3.00 bits per heavy atom. The Labute approximate surface area is 127 Å². The first-order valence-corrected chi connectivity index (χ1v) is 9.18. The van der Waals surface area contributed by atoms with E-state index in [0.717, 1.165) is 12.6 Å². The molecule has 2 aliphatic rings. The third-order valence-electron chi connectivity index (χ3n) is 5.01. The largest absolute Gasteiger partial charge is 0.308 e. The van der Waals surface area contributed by atoms with Gasteiger partial charge in [-0.25, -0.2) is 0 Å². The highest BCUT2D eigenvalue weighted by Crippen LogP contribution is 2.32. The minimum absolute atomic E-state index is 0.518. The molecule has 0 saturated carbocycles. The van der Waals surface area contributed by atoms with Crippen molar-refractivity contribution in [1.82, 2.24) is 10.2 Å². The molecule has 0 radical (unpaired) electrons. The van der Waals surface area contributed by atoms with Gasteiger partial charge in [-0.05, 0) is 70.2 Å². The summed E-state index contributed by atoms with van der Waals surface area (Å²) in [5.41, 5.74) is 1.64. The van der Waals surface area contributed by atoms with Crippen molar-refractivity contribution in [2.75, 3.05) is 19.6 Å². The molecule has 2 unspecified atom stereocenters. The summed E-state index contributed by atoms with van der Waals surface area (Å²) in [6.07, 6.45) is 8.15. The van der Waals surface area contributed by atoms with Gasteiger partial charge in [0.05, 0.1) is 0 Å². The Hall–Kier alpha value is -0.380. The van der Waals surface area contributed by atoms with Gasteiger partial charge in [0.2, 0.25) is 0 Å². The zero-order valence-electron chi connectivity index (χ0n) is 13.0. The molecule has 0 amide bonds. The fourth-order valence-corrected chi connectivity index (χ4v) is 4.97. The molecule has 0 aromatic carbocycles. The van der Waals surface area contributed by atoms with Crippen molar-refractivity contribution in [3.63, 3.8) is 0 Å². The minimum Gasteiger partial charge on any atom is -0.308 e. The highest BCUT2D eigenvalue weighted by Gasteiger charge is 2.23. The molecule has 0 spiro atoms. The van der Waals surface area contributed by atoms with E-state index in [1.54, 1.807) is 15.3 Å². The third-order valence-corrected chi connectivity index (χ3v) is 6.43. The SMILES string of the molecule is CCN1CCCC1CNC(C)c1cc2c(s1)CCCC2. The zero-order valence-corrected chi connectivity index (χ0v) is 13.8. The minimum atomic E-state index is 0.518. The van der Waals surface area contributed by atoms with Crippen molar-refractivity contribution in [2.45, 2.75) is 64.5 Å². The smallest absolute Gasteiger partial charge is 0.0386 e. The zero-order chi connectivity index (χ0) is 13.9. The van der Waals surface area contributed by atoms with Crippen molar-refractivity contribution < 1.29 is 0 Å². The maximum absolute atomic E-state index is 3.78. The molecule has 1 saturated heterocycles. The van der Waals surface area contributed by atoms with Crippen molar-refractivity contribution >= 4 is 11.3 Å². The molecule has 1 fully saturated rings. The van der Waals surface area contributed by atoms with Crippen LogP contribution in [0.5, 0.6) is 0 Å². The molecular weight excluding hydrogens is 264 g/mol. The predicted octanol–water partition coefficient (Wildman–Crippen LogP) is 3.76. The van der Waals surface area contributed by atoms with Gasteiger partial charge in [0.1, 0.15) is 0 Å². The maximum Gasteiger partial charge on any atom is 0.0386 e. The summed E-state index contributed by atoms with van der Waals surface area (Å²) in [5, 5.41) is 3.78. The van der Waals surface area contributed by atoms with Crippen LogP contribution in [0.25, 0.3) is 0 Å². The number of nitrogens with zero attached hydrogens (tertiary/aromatic N) is 1. The molecule has 1 aromatic heterocycles. The summed E-state index contributed by atoms with van der Waals surface area (Å²) in [5.74, 6) is 0. The van der Waals surface area contributed by atoms with E-state index >= 15 is 0 Å². The molecule has 1 aliphatic carbocycles. The van der Waals surface area contributed by atoms with Gasteiger partial charge in [-0.2, -0.15) is 0 Å². The lowest BCUT2D eigenvalue weighted by Gasteiger charge is -2.24. The molecule has 1 aliphatic heterocycles. The summed E-state index contributed by atoms with van der Waals surface area (Å²) in [6.45, 7) is 8.27. The second-order valence-electron chi connectivity index (χ2n) is 6.36. The Bertz CT molecular complexity index is 417. The summed E-state index contributed by atoms with van der Waals surface area (Å²) >= 11 is 2.06. The highest BCUT2D eigenvalue weighted by atomic mass is 32.1. The van der Waals surface area contributed by atoms with Crippen LogP contribution in [0.2, 0.25) is 0 Å². The maximum atomic E-state index is 3.78. The first kappa shape index (κ1) is 14.6. The number of hydrogen-bond donors (Lipinski definition) is 1. The molecule has 2 nitrogen and oxygen atoms in total. The fraction of sp³-hybridized carbons (Fsp3) is 0.765. The molecule has 1 N–H and O–H groups in total. The number of thiophene rings is 1. The van der Waals surface area contributed by atoms with E-state index in [9.17, 15) is 0 Å². The van der Waals surface area contributed by atoms with Gasteiger partial charge in [0, 0.05) is 28.4 Å². The Morgan fingerprint density at radius 1 is 1.35 bits per heavy atom. The molecule has 0 bridgehead atoms. The van der Waals surface area contributed by atoms with Crippen LogP contribution in [0.3, 0.4) is 0 Å². The van der Waals surface area contributed by atoms with Gasteiger partial charge in [-0.3, -0.25) is 4.90 Å². The molecule has 3 rings (SSSR count). The van der Waals surface area contributed by atoms with Gasteiger partial charge in [0.25, 0.3) is 0 Å². The van der Waals surface area contributed by atoms with E-state index in [2.05, 4.69) is 41.5 Å². The molecular formula is C17H28N2S. The van der Waals surface area contributed by atoms with Crippen LogP contribution in [0.1, 0.15) is 60.9 Å². The van der Waals surface area contributed by atoms with Crippen molar-refractivity contribution in [1.29, 1.82) is 0 Å². The van der Waals surface area contributed by atoms with E-state index in [0.29, 0.717) is 6.04 Å². The molecule has 112 valence electrons. The average molecular weight is 292 g/mol. The van der Waals surface area contributed by atoms with Crippen LogP contribution in [-0.2, 0) is 12.8 Å².